The van der Waals surface area contributed by atoms with Crippen LogP contribution in [0.5, 0.6) is 0 Å². The van der Waals surface area contributed by atoms with Gasteiger partial charge in [-0.15, -0.1) is 0 Å². The summed E-state index contributed by atoms with van der Waals surface area (Å²) in [6, 6.07) is -0.868. The third-order valence-corrected chi connectivity index (χ3v) is 15.4. The van der Waals surface area contributed by atoms with Crippen LogP contribution in [-0.2, 0) is 18.4 Å². The van der Waals surface area contributed by atoms with Crippen LogP contribution < -0.4 is 5.32 Å². The molecule has 0 aromatic carbocycles. The van der Waals surface area contributed by atoms with Crippen molar-refractivity contribution in [2.24, 2.45) is 0 Å². The lowest BCUT2D eigenvalue weighted by Crippen LogP contribution is -2.45. The Morgan fingerprint density at radius 3 is 1.16 bits per heavy atom. The van der Waals surface area contributed by atoms with Gasteiger partial charge >= 0.3 is 7.82 Å². The minimum Gasteiger partial charge on any atom is -0.387 e. The first-order valence-corrected chi connectivity index (χ1v) is 33.7. The van der Waals surface area contributed by atoms with E-state index in [9.17, 15) is 19.4 Å². The predicted molar refractivity (Wildman–Crippen MR) is 327 cm³/mol. The number of phosphoric acid groups is 1. The first-order chi connectivity index (χ1) is 36.5. The third-order valence-electron chi connectivity index (χ3n) is 14.5. The number of likely N-dealkylation sites (N-methyl/N-ethyl adjacent to an activating group) is 1. The quantitative estimate of drug-likeness (QED) is 0.0243. The van der Waals surface area contributed by atoms with Crippen LogP contribution in [0.15, 0.2) is 60.8 Å². The number of nitrogens with one attached hydrogen (secondary N) is 1. The van der Waals surface area contributed by atoms with Crippen LogP contribution in [0.1, 0.15) is 303 Å². The maximum Gasteiger partial charge on any atom is 0.472 e. The zero-order valence-corrected chi connectivity index (χ0v) is 51.2. The molecule has 440 valence electrons. The molecule has 0 aliphatic heterocycles. The Bertz CT molecular complexity index is 1400. The second-order valence-electron chi connectivity index (χ2n) is 23.1. The molecular weight excluding hydrogens is 948 g/mol. The Kier molecular flexibility index (Phi) is 55.5. The van der Waals surface area contributed by atoms with E-state index in [1.807, 2.05) is 27.2 Å². The number of nitrogens with zero attached hydrogens (tertiary/aromatic N) is 1. The molecular formula is C66H126N2O6P+. The molecule has 3 unspecified atom stereocenters. The fourth-order valence-electron chi connectivity index (χ4n) is 9.42. The van der Waals surface area contributed by atoms with Crippen molar-refractivity contribution in [3.8, 4) is 0 Å². The van der Waals surface area contributed by atoms with E-state index in [1.165, 1.54) is 231 Å². The molecule has 0 aromatic heterocycles. The minimum absolute atomic E-state index is 0.0546. The molecule has 0 aromatic rings. The van der Waals surface area contributed by atoms with Gasteiger partial charge in [-0.2, -0.15) is 0 Å². The molecule has 8 nitrogen and oxygen atoms in total. The summed E-state index contributed by atoms with van der Waals surface area (Å²) in [6.07, 6.45) is 77.7. The number of rotatable bonds is 59. The Morgan fingerprint density at radius 2 is 0.773 bits per heavy atom. The Morgan fingerprint density at radius 1 is 0.453 bits per heavy atom. The first kappa shape index (κ1) is 73.2. The number of allylic oxidation sites excluding steroid dienone is 9. The van der Waals surface area contributed by atoms with E-state index in [4.69, 9.17) is 9.05 Å². The maximum atomic E-state index is 13.0. The highest BCUT2D eigenvalue weighted by atomic mass is 31.2. The summed E-state index contributed by atoms with van der Waals surface area (Å²) in [6.45, 7) is 4.82. The van der Waals surface area contributed by atoms with Gasteiger partial charge < -0.3 is 19.8 Å². The molecule has 0 spiro atoms. The number of carbonyl (C=O) groups excluding carboxylic acids is 1. The van der Waals surface area contributed by atoms with E-state index in [0.29, 0.717) is 17.4 Å². The van der Waals surface area contributed by atoms with Crippen molar-refractivity contribution in [3.05, 3.63) is 60.8 Å². The molecule has 3 atom stereocenters. The van der Waals surface area contributed by atoms with Gasteiger partial charge in [0.1, 0.15) is 13.2 Å². The number of aliphatic hydroxyl groups is 1. The Hall–Kier alpha value is -1.80. The van der Waals surface area contributed by atoms with E-state index in [0.717, 1.165) is 51.4 Å². The van der Waals surface area contributed by atoms with Crippen LogP contribution in [0.2, 0.25) is 0 Å². The third kappa shape index (κ3) is 59.7. The Labute approximate surface area is 466 Å². The van der Waals surface area contributed by atoms with Gasteiger partial charge in [-0.3, -0.25) is 13.8 Å². The van der Waals surface area contributed by atoms with Gasteiger partial charge in [-0.25, -0.2) is 4.57 Å². The van der Waals surface area contributed by atoms with Crippen molar-refractivity contribution in [3.63, 3.8) is 0 Å². The summed E-state index contributed by atoms with van der Waals surface area (Å²) in [5.41, 5.74) is 0. The van der Waals surface area contributed by atoms with Crippen molar-refractivity contribution in [1.29, 1.82) is 0 Å². The molecule has 0 radical (unpaired) electrons. The predicted octanol–water partition coefficient (Wildman–Crippen LogP) is 20.0. The second-order valence-corrected chi connectivity index (χ2v) is 24.6. The fraction of sp³-hybridized carbons (Fsp3) is 0.833. The van der Waals surface area contributed by atoms with Crippen molar-refractivity contribution < 1.29 is 32.9 Å². The average molecular weight is 1070 g/mol. The standard InChI is InChI=1S/C66H125N2O6P/c1-6-8-10-12-14-16-18-20-22-24-26-28-30-32-34-36-38-40-42-44-46-48-50-52-54-56-58-60-66(70)67-64(63-74-75(71,72)73-62-61-68(3,4)5)65(69)59-57-55-53-51-49-47-45-43-41-39-37-35-33-31-29-27-25-23-21-19-17-15-13-11-9-7-2/h18,20,24,26,30,32,49,51,57,59,64-65,69H,6-17,19,21-23,25,27-29,31,33-48,50,52-56,58,60-63H2,1-5H3,(H-,67,70,71,72)/p+1/b20-18-,26-24-,32-30-,51-49+,59-57+. The highest BCUT2D eigenvalue weighted by Gasteiger charge is 2.27. The molecule has 0 aliphatic rings. The van der Waals surface area contributed by atoms with Crippen molar-refractivity contribution >= 4 is 13.7 Å². The number of carbonyl (C=O) groups is 1. The summed E-state index contributed by atoms with van der Waals surface area (Å²) >= 11 is 0. The molecule has 9 heteroatoms. The summed E-state index contributed by atoms with van der Waals surface area (Å²) in [5.74, 6) is -0.187. The smallest absolute Gasteiger partial charge is 0.387 e. The number of hydrogen-bond donors (Lipinski definition) is 3. The molecule has 3 N–H and O–H groups in total. The molecule has 0 aliphatic carbocycles. The monoisotopic (exact) mass is 1070 g/mol. The lowest BCUT2D eigenvalue weighted by atomic mass is 10.0. The topological polar surface area (TPSA) is 105 Å². The summed E-state index contributed by atoms with van der Waals surface area (Å²) < 4.78 is 23.8. The fourth-order valence-corrected chi connectivity index (χ4v) is 10.2. The van der Waals surface area contributed by atoms with Gasteiger partial charge in [0, 0.05) is 6.42 Å². The lowest BCUT2D eigenvalue weighted by Gasteiger charge is -2.25. The number of quaternary nitrogens is 1. The normalized spacial score (nSPS) is 14.2. The SMILES string of the molecule is CCCCCCC/C=C\C/C=C\C/C=C\CCCCCCCCCCCCCCC(=O)NC(COP(=O)(O)OCC[N+](C)(C)C)C(O)/C=C/CC/C=C/CCCCCCCCCCCCCCCCCCCCCC. The highest BCUT2D eigenvalue weighted by Crippen LogP contribution is 2.43. The number of amides is 1. The number of phosphoric ester groups is 1. The molecule has 75 heavy (non-hydrogen) atoms. The number of unbranched alkanes of at least 4 members (excludes halogenated alkanes) is 38. The van der Waals surface area contributed by atoms with Gasteiger partial charge in [0.15, 0.2) is 0 Å². The molecule has 1 amide bonds. The summed E-state index contributed by atoms with van der Waals surface area (Å²) in [5, 5.41) is 14.0. The van der Waals surface area contributed by atoms with E-state index < -0.39 is 20.0 Å². The first-order valence-electron chi connectivity index (χ1n) is 32.2. The Balaban J connectivity index is 4.19. The van der Waals surface area contributed by atoms with Gasteiger partial charge in [-0.05, 0) is 70.6 Å². The van der Waals surface area contributed by atoms with E-state index in [-0.39, 0.29) is 19.1 Å². The van der Waals surface area contributed by atoms with Crippen LogP contribution in [0.3, 0.4) is 0 Å². The van der Waals surface area contributed by atoms with Crippen LogP contribution in [0, 0.1) is 0 Å². The molecule has 0 heterocycles. The van der Waals surface area contributed by atoms with Crippen molar-refractivity contribution in [1.82, 2.24) is 5.32 Å². The van der Waals surface area contributed by atoms with Crippen LogP contribution >= 0.6 is 7.82 Å². The van der Waals surface area contributed by atoms with E-state index in [2.05, 4.69) is 67.8 Å². The van der Waals surface area contributed by atoms with Gasteiger partial charge in [0.2, 0.25) is 5.91 Å². The van der Waals surface area contributed by atoms with E-state index in [1.54, 1.807) is 6.08 Å². The lowest BCUT2D eigenvalue weighted by molar-refractivity contribution is -0.870. The number of hydrogen-bond acceptors (Lipinski definition) is 5. The largest absolute Gasteiger partial charge is 0.472 e. The zero-order valence-electron chi connectivity index (χ0n) is 50.3. The maximum absolute atomic E-state index is 13.0. The summed E-state index contributed by atoms with van der Waals surface area (Å²) in [4.78, 5) is 23.4. The van der Waals surface area contributed by atoms with Crippen LogP contribution in [-0.4, -0.2) is 73.4 Å². The van der Waals surface area contributed by atoms with Gasteiger partial charge in [-0.1, -0.05) is 286 Å². The minimum atomic E-state index is -4.36. The molecule has 0 bridgehead atoms. The van der Waals surface area contributed by atoms with Crippen molar-refractivity contribution in [2.45, 2.75) is 315 Å². The summed E-state index contributed by atoms with van der Waals surface area (Å²) in [7, 11) is 1.56. The van der Waals surface area contributed by atoms with Gasteiger partial charge in [0.25, 0.3) is 0 Å². The van der Waals surface area contributed by atoms with Gasteiger partial charge in [0.05, 0.1) is 39.9 Å². The molecule has 0 saturated carbocycles. The molecule has 0 fully saturated rings. The van der Waals surface area contributed by atoms with Crippen LogP contribution in [0.4, 0.5) is 0 Å². The van der Waals surface area contributed by atoms with E-state index >= 15 is 0 Å². The van der Waals surface area contributed by atoms with Crippen LogP contribution in [0.25, 0.3) is 0 Å². The highest BCUT2D eigenvalue weighted by molar-refractivity contribution is 7.47. The second kappa shape index (κ2) is 56.9. The molecule has 0 rings (SSSR count). The average Bonchev–Trinajstić information content (AvgIpc) is 3.37. The molecule has 0 saturated heterocycles. The number of aliphatic hydroxyl groups excluding tert-OH is 1. The van der Waals surface area contributed by atoms with Crippen molar-refractivity contribution in [2.75, 3.05) is 40.9 Å². The zero-order chi connectivity index (χ0) is 54.9.